The number of hydrogen-bond acceptors (Lipinski definition) is 4. The van der Waals surface area contributed by atoms with Crippen LogP contribution in [0.5, 0.6) is 0 Å². The molecule has 0 saturated heterocycles. The molecule has 0 N–H and O–H groups in total. The zero-order valence-electron chi connectivity index (χ0n) is 22.4. The Morgan fingerprint density at radius 3 is 1.74 bits per heavy atom. The molecule has 3 heterocycles. The molecule has 0 saturated carbocycles. The van der Waals surface area contributed by atoms with E-state index in [1.165, 1.54) is 41.7 Å². The minimum absolute atomic E-state index is 0.607. The highest BCUT2D eigenvalue weighted by atomic mass is 32.1. The molecule has 0 aliphatic rings. The second kappa shape index (κ2) is 9.06. The van der Waals surface area contributed by atoms with Crippen LogP contribution in [0.3, 0.4) is 0 Å². The summed E-state index contributed by atoms with van der Waals surface area (Å²) in [7, 11) is 0. The minimum Gasteiger partial charge on any atom is -0.278 e. The van der Waals surface area contributed by atoms with E-state index in [4.69, 9.17) is 15.0 Å². The highest BCUT2D eigenvalue weighted by molar-refractivity contribution is 7.26. The number of hydrogen-bond donors (Lipinski definition) is 0. The van der Waals surface area contributed by atoms with E-state index in [0.717, 1.165) is 22.2 Å². The van der Waals surface area contributed by atoms with Gasteiger partial charge < -0.3 is 0 Å². The topological polar surface area (TPSA) is 43.6 Å². The maximum atomic E-state index is 5.08. The van der Waals surface area contributed by atoms with E-state index in [-0.39, 0.29) is 0 Å². The first kappa shape index (κ1) is 23.3. The fourth-order valence-electron chi connectivity index (χ4n) is 6.21. The van der Waals surface area contributed by atoms with Crippen molar-refractivity contribution in [3.05, 3.63) is 133 Å². The van der Waals surface area contributed by atoms with E-state index in [1.54, 1.807) is 0 Å². The first-order valence-corrected chi connectivity index (χ1v) is 14.8. The molecule has 6 aromatic carbocycles. The monoisotopic (exact) mass is 554 g/mol. The molecule has 0 unspecified atom stereocenters. The minimum atomic E-state index is 0.607. The molecule has 4 nitrogen and oxygen atoms in total. The standard InChI is InChI=1S/C37H22N4S/c1-3-11-23(12-4-1)35-38-36(24-13-5-2-6-14-24)40-37(39-35)41-29-17-9-7-15-27(29)33-25-20-22-32-34(26(25)19-21-30(33)41)28-16-8-10-18-31(28)42-32/h1-22H. The van der Waals surface area contributed by atoms with Gasteiger partial charge in [0.1, 0.15) is 0 Å². The average Bonchev–Trinajstić information content (AvgIpc) is 3.61. The number of fused-ring (bicyclic) bond motifs is 9. The second-order valence-corrected chi connectivity index (χ2v) is 11.5. The van der Waals surface area contributed by atoms with Crippen molar-refractivity contribution in [2.75, 3.05) is 0 Å². The van der Waals surface area contributed by atoms with Crippen molar-refractivity contribution < 1.29 is 0 Å². The summed E-state index contributed by atoms with van der Waals surface area (Å²) in [6, 6.07) is 46.6. The van der Waals surface area contributed by atoms with Gasteiger partial charge in [-0.25, -0.2) is 4.98 Å². The van der Waals surface area contributed by atoms with Gasteiger partial charge in [-0.05, 0) is 35.0 Å². The molecule has 196 valence electrons. The van der Waals surface area contributed by atoms with Crippen LogP contribution in [0, 0.1) is 0 Å². The molecule has 42 heavy (non-hydrogen) atoms. The summed E-state index contributed by atoms with van der Waals surface area (Å²) in [5, 5.41) is 7.53. The smallest absolute Gasteiger partial charge is 0.238 e. The predicted octanol–water partition coefficient (Wildman–Crippen LogP) is 9.82. The lowest BCUT2D eigenvalue weighted by molar-refractivity contribution is 0.953. The lowest BCUT2D eigenvalue weighted by Gasteiger charge is -2.11. The fourth-order valence-corrected chi connectivity index (χ4v) is 7.33. The zero-order valence-corrected chi connectivity index (χ0v) is 23.2. The first-order chi connectivity index (χ1) is 20.8. The molecule has 0 bridgehead atoms. The molecule has 0 aliphatic carbocycles. The van der Waals surface area contributed by atoms with Crippen LogP contribution in [0.25, 0.3) is 81.5 Å². The molecule has 0 fully saturated rings. The summed E-state index contributed by atoms with van der Waals surface area (Å²) >= 11 is 1.85. The summed E-state index contributed by atoms with van der Waals surface area (Å²) in [4.78, 5) is 15.1. The summed E-state index contributed by atoms with van der Waals surface area (Å²) in [5.74, 6) is 1.91. The van der Waals surface area contributed by atoms with Gasteiger partial charge >= 0.3 is 0 Å². The Morgan fingerprint density at radius 1 is 0.405 bits per heavy atom. The Bertz CT molecular complexity index is 2400. The largest absolute Gasteiger partial charge is 0.278 e. The number of para-hydroxylation sites is 1. The van der Waals surface area contributed by atoms with E-state index in [1.807, 2.05) is 72.0 Å². The molecule has 0 radical (unpaired) electrons. The van der Waals surface area contributed by atoms with E-state index >= 15 is 0 Å². The number of aromatic nitrogens is 4. The van der Waals surface area contributed by atoms with E-state index in [2.05, 4.69) is 77.4 Å². The van der Waals surface area contributed by atoms with Crippen LogP contribution < -0.4 is 0 Å². The van der Waals surface area contributed by atoms with Crippen LogP contribution in [-0.4, -0.2) is 19.5 Å². The molecule has 0 spiro atoms. The Kier molecular flexibility index (Phi) is 5.03. The number of thiophene rings is 1. The lowest BCUT2D eigenvalue weighted by atomic mass is 9.99. The van der Waals surface area contributed by atoms with E-state index < -0.39 is 0 Å². The average molecular weight is 555 g/mol. The van der Waals surface area contributed by atoms with Gasteiger partial charge in [0.15, 0.2) is 11.6 Å². The Balaban J connectivity index is 1.39. The third-order valence-electron chi connectivity index (χ3n) is 8.06. The van der Waals surface area contributed by atoms with E-state index in [9.17, 15) is 0 Å². The molecular weight excluding hydrogens is 533 g/mol. The normalized spacial score (nSPS) is 11.8. The number of rotatable bonds is 3. The summed E-state index contributed by atoms with van der Waals surface area (Å²) in [6.07, 6.45) is 0. The maximum absolute atomic E-state index is 5.08. The van der Waals surface area contributed by atoms with Gasteiger partial charge in [0.2, 0.25) is 5.95 Å². The van der Waals surface area contributed by atoms with Crippen molar-refractivity contribution in [3.8, 4) is 28.7 Å². The van der Waals surface area contributed by atoms with Gasteiger partial charge in [0, 0.05) is 42.1 Å². The molecule has 9 aromatic rings. The van der Waals surface area contributed by atoms with Crippen LogP contribution in [0.1, 0.15) is 0 Å². The first-order valence-electron chi connectivity index (χ1n) is 14.0. The third-order valence-corrected chi connectivity index (χ3v) is 9.20. The molecule has 5 heteroatoms. The molecular formula is C37H22N4S. The fraction of sp³-hybridized carbons (Fsp3) is 0. The van der Waals surface area contributed by atoms with Crippen LogP contribution >= 0.6 is 11.3 Å². The molecule has 0 atom stereocenters. The molecule has 9 rings (SSSR count). The lowest BCUT2D eigenvalue weighted by Crippen LogP contribution is -2.06. The van der Waals surface area contributed by atoms with Gasteiger partial charge in [-0.1, -0.05) is 109 Å². The van der Waals surface area contributed by atoms with Gasteiger partial charge in [0.05, 0.1) is 11.0 Å². The Hall–Kier alpha value is -5.39. The SMILES string of the molecule is c1ccc(-c2nc(-c3ccccc3)nc(-n3c4ccccc4c4c5ccc6sc7ccccc7c6c5ccc43)n2)cc1. The van der Waals surface area contributed by atoms with Crippen molar-refractivity contribution in [1.82, 2.24) is 19.5 Å². The summed E-state index contributed by atoms with van der Waals surface area (Å²) < 4.78 is 4.82. The Labute approximate surface area is 245 Å². The van der Waals surface area contributed by atoms with Crippen LogP contribution in [0.4, 0.5) is 0 Å². The number of nitrogens with zero attached hydrogens (tertiary/aromatic N) is 4. The highest BCUT2D eigenvalue weighted by Crippen LogP contribution is 2.43. The quantitative estimate of drug-likeness (QED) is 0.218. The van der Waals surface area contributed by atoms with Crippen LogP contribution in [0.15, 0.2) is 133 Å². The van der Waals surface area contributed by atoms with E-state index in [0.29, 0.717) is 17.6 Å². The maximum Gasteiger partial charge on any atom is 0.238 e. The summed E-state index contributed by atoms with van der Waals surface area (Å²) in [5.41, 5.74) is 4.05. The van der Waals surface area contributed by atoms with Gasteiger partial charge in [-0.2, -0.15) is 9.97 Å². The number of benzene rings is 6. The van der Waals surface area contributed by atoms with Crippen molar-refractivity contribution in [2.45, 2.75) is 0 Å². The van der Waals surface area contributed by atoms with Crippen LogP contribution in [0.2, 0.25) is 0 Å². The van der Waals surface area contributed by atoms with Crippen molar-refractivity contribution in [2.24, 2.45) is 0 Å². The predicted molar refractivity (Wildman–Crippen MR) is 175 cm³/mol. The van der Waals surface area contributed by atoms with Gasteiger partial charge in [0.25, 0.3) is 0 Å². The van der Waals surface area contributed by atoms with Crippen molar-refractivity contribution in [1.29, 1.82) is 0 Å². The van der Waals surface area contributed by atoms with Gasteiger partial charge in [-0.15, -0.1) is 11.3 Å². The second-order valence-electron chi connectivity index (χ2n) is 10.5. The van der Waals surface area contributed by atoms with Gasteiger partial charge in [-0.3, -0.25) is 4.57 Å². The summed E-state index contributed by atoms with van der Waals surface area (Å²) in [6.45, 7) is 0. The van der Waals surface area contributed by atoms with Crippen molar-refractivity contribution in [3.63, 3.8) is 0 Å². The molecule has 0 aliphatic heterocycles. The highest BCUT2D eigenvalue weighted by Gasteiger charge is 2.20. The zero-order chi connectivity index (χ0) is 27.6. The Morgan fingerprint density at radius 2 is 1.00 bits per heavy atom. The molecule has 3 aromatic heterocycles. The third kappa shape index (κ3) is 3.44. The van der Waals surface area contributed by atoms with Crippen LogP contribution in [-0.2, 0) is 0 Å². The van der Waals surface area contributed by atoms with Crippen molar-refractivity contribution >= 4 is 64.1 Å². The molecule has 0 amide bonds.